The summed E-state index contributed by atoms with van der Waals surface area (Å²) in [5.41, 5.74) is 0. The molecule has 1 aromatic rings. The number of imide groups is 1. The molecular weight excluding hydrogens is 312 g/mol. The zero-order valence-corrected chi connectivity index (χ0v) is 15.5. The highest BCUT2D eigenvalue weighted by Crippen LogP contribution is 2.41. The fourth-order valence-corrected chi connectivity index (χ4v) is 5.78. The van der Waals surface area contributed by atoms with Gasteiger partial charge in [-0.15, -0.1) is 0 Å². The van der Waals surface area contributed by atoms with E-state index < -0.39 is 20.5 Å². The van der Waals surface area contributed by atoms with Crippen LogP contribution >= 0.6 is 0 Å². The van der Waals surface area contributed by atoms with Gasteiger partial charge >= 0.3 is 6.03 Å². The summed E-state index contributed by atoms with van der Waals surface area (Å²) in [5.74, 6) is 0.327. The quantitative estimate of drug-likeness (QED) is 0.590. The largest absolute Gasteiger partial charge is 0.467 e. The lowest BCUT2D eigenvalue weighted by molar-refractivity contribution is -0.160. The van der Waals surface area contributed by atoms with E-state index in [0.29, 0.717) is 5.76 Å². The van der Waals surface area contributed by atoms with Gasteiger partial charge in [-0.2, -0.15) is 0 Å². The van der Waals surface area contributed by atoms with Crippen molar-refractivity contribution in [1.82, 2.24) is 9.80 Å². The zero-order chi connectivity index (χ0) is 17.2. The average Bonchev–Trinajstić information content (AvgIpc) is 3.07. The van der Waals surface area contributed by atoms with E-state index in [0.717, 1.165) is 18.1 Å². The maximum absolute atomic E-state index is 12.6. The third kappa shape index (κ3) is 3.07. The molecule has 2 rings (SSSR count). The van der Waals surface area contributed by atoms with Crippen molar-refractivity contribution in [3.05, 3.63) is 24.2 Å². The molecule has 0 radical (unpaired) electrons. The van der Waals surface area contributed by atoms with Crippen LogP contribution in [0.3, 0.4) is 0 Å². The number of amides is 3. The van der Waals surface area contributed by atoms with Crippen LogP contribution in [-0.4, -0.2) is 50.3 Å². The number of carbonyl (C=O) groups excluding carboxylic acids is 2. The summed E-state index contributed by atoms with van der Waals surface area (Å²) in [6.07, 6.45) is 0.939. The van der Waals surface area contributed by atoms with Crippen molar-refractivity contribution in [1.29, 1.82) is 0 Å². The maximum Gasteiger partial charge on any atom is 0.327 e. The first-order valence-electron chi connectivity index (χ1n) is 8.16. The lowest BCUT2D eigenvalue weighted by atomic mass is 9.96. The van der Waals surface area contributed by atoms with Crippen LogP contribution < -0.4 is 0 Å². The lowest BCUT2D eigenvalue weighted by Crippen LogP contribution is -2.66. The highest BCUT2D eigenvalue weighted by molar-refractivity contribution is 6.73. The van der Waals surface area contributed by atoms with E-state index in [-0.39, 0.29) is 11.9 Å². The minimum atomic E-state index is -1.95. The standard InChI is InChI=1S/C16H26N2O4Si/c1-6-23(7-2,8-3)22-14-13(12-10-9-11-21-12)18(15(14)19)16(20)17(4)5/h9-11,13-14H,6-8H2,1-5H3/t13-,14+/m0/s1. The predicted octanol–water partition coefficient (Wildman–Crippen LogP) is 3.23. The zero-order valence-electron chi connectivity index (χ0n) is 14.5. The van der Waals surface area contributed by atoms with Gasteiger partial charge in [-0.3, -0.25) is 4.79 Å². The van der Waals surface area contributed by atoms with Crippen molar-refractivity contribution >= 4 is 20.3 Å². The summed E-state index contributed by atoms with van der Waals surface area (Å²) < 4.78 is 11.8. The number of furan rings is 1. The van der Waals surface area contributed by atoms with Crippen molar-refractivity contribution < 1.29 is 18.4 Å². The second kappa shape index (κ2) is 6.88. The molecule has 1 aliphatic heterocycles. The normalized spacial score (nSPS) is 21.3. The molecule has 1 aliphatic rings. The van der Waals surface area contributed by atoms with Gasteiger partial charge in [0.15, 0.2) is 14.4 Å². The van der Waals surface area contributed by atoms with Crippen molar-refractivity contribution in [2.45, 2.75) is 51.0 Å². The lowest BCUT2D eigenvalue weighted by Gasteiger charge is -2.48. The van der Waals surface area contributed by atoms with Crippen molar-refractivity contribution in [2.75, 3.05) is 14.1 Å². The highest BCUT2D eigenvalue weighted by atomic mass is 28.4. The topological polar surface area (TPSA) is 63.0 Å². The van der Waals surface area contributed by atoms with Gasteiger partial charge in [-0.1, -0.05) is 20.8 Å². The summed E-state index contributed by atoms with van der Waals surface area (Å²) in [7, 11) is 1.31. The van der Waals surface area contributed by atoms with E-state index in [2.05, 4.69) is 20.8 Å². The third-order valence-corrected chi connectivity index (χ3v) is 9.40. The number of rotatable bonds is 6. The molecule has 0 aliphatic carbocycles. The Morgan fingerprint density at radius 2 is 1.91 bits per heavy atom. The van der Waals surface area contributed by atoms with Gasteiger partial charge in [-0.05, 0) is 30.3 Å². The Bertz CT molecular complexity index is 546. The molecular formula is C16H26N2O4Si. The maximum atomic E-state index is 12.6. The first kappa shape index (κ1) is 17.7. The van der Waals surface area contributed by atoms with Crippen molar-refractivity contribution in [3.8, 4) is 0 Å². The van der Waals surface area contributed by atoms with Crippen LogP contribution in [0.2, 0.25) is 18.1 Å². The van der Waals surface area contributed by atoms with Gasteiger partial charge in [-0.25, -0.2) is 9.69 Å². The minimum absolute atomic E-state index is 0.266. The fraction of sp³-hybridized carbons (Fsp3) is 0.625. The first-order valence-corrected chi connectivity index (χ1v) is 10.7. The molecule has 7 heteroatoms. The molecule has 1 aromatic heterocycles. The number of hydrogen-bond donors (Lipinski definition) is 0. The number of β-lactam (4-membered cyclic amide) rings is 1. The summed E-state index contributed by atoms with van der Waals surface area (Å²) in [6.45, 7) is 6.35. The highest BCUT2D eigenvalue weighted by Gasteiger charge is 2.56. The molecule has 128 valence electrons. The molecule has 0 unspecified atom stereocenters. The van der Waals surface area contributed by atoms with Gasteiger partial charge in [0, 0.05) is 14.1 Å². The monoisotopic (exact) mass is 338 g/mol. The van der Waals surface area contributed by atoms with Crippen LogP contribution in [0.25, 0.3) is 0 Å². The number of urea groups is 1. The smallest absolute Gasteiger partial charge is 0.327 e. The molecule has 0 bridgehead atoms. The molecule has 6 nitrogen and oxygen atoms in total. The van der Waals surface area contributed by atoms with Crippen LogP contribution in [0, 0.1) is 0 Å². The molecule has 2 heterocycles. The molecule has 0 aromatic carbocycles. The Kier molecular flexibility index (Phi) is 5.31. The number of carbonyl (C=O) groups is 2. The Morgan fingerprint density at radius 3 is 2.35 bits per heavy atom. The fourth-order valence-electron chi connectivity index (χ4n) is 3.01. The minimum Gasteiger partial charge on any atom is -0.467 e. The van der Waals surface area contributed by atoms with Gasteiger partial charge in [0.05, 0.1) is 6.26 Å². The van der Waals surface area contributed by atoms with E-state index in [4.69, 9.17) is 8.84 Å². The second-order valence-corrected chi connectivity index (χ2v) is 10.9. The van der Waals surface area contributed by atoms with Gasteiger partial charge in [0.25, 0.3) is 5.91 Å². The second-order valence-electron chi connectivity index (χ2n) is 6.13. The van der Waals surface area contributed by atoms with Gasteiger partial charge in [0.1, 0.15) is 11.8 Å². The summed E-state index contributed by atoms with van der Waals surface area (Å²) >= 11 is 0. The molecule has 1 fully saturated rings. The van der Waals surface area contributed by atoms with Crippen LogP contribution in [0.15, 0.2) is 22.8 Å². The molecule has 0 saturated carbocycles. The van der Waals surface area contributed by atoms with Gasteiger partial charge < -0.3 is 13.7 Å². The van der Waals surface area contributed by atoms with E-state index in [1.54, 1.807) is 32.5 Å². The van der Waals surface area contributed by atoms with Crippen LogP contribution in [0.5, 0.6) is 0 Å². The van der Waals surface area contributed by atoms with Gasteiger partial charge in [0.2, 0.25) is 0 Å². The Labute approximate surface area is 138 Å². The number of hydrogen-bond acceptors (Lipinski definition) is 4. The molecule has 3 amide bonds. The van der Waals surface area contributed by atoms with E-state index in [1.807, 2.05) is 0 Å². The molecule has 2 atom stereocenters. The van der Waals surface area contributed by atoms with E-state index in [9.17, 15) is 9.59 Å². The van der Waals surface area contributed by atoms with Crippen molar-refractivity contribution in [2.24, 2.45) is 0 Å². The van der Waals surface area contributed by atoms with Crippen molar-refractivity contribution in [3.63, 3.8) is 0 Å². The molecule has 1 saturated heterocycles. The predicted molar refractivity (Wildman–Crippen MR) is 89.4 cm³/mol. The number of likely N-dealkylation sites (tertiary alicyclic amines) is 1. The summed E-state index contributed by atoms with van der Waals surface area (Å²) in [6, 6.07) is 5.61. The first-order chi connectivity index (χ1) is 10.9. The van der Waals surface area contributed by atoms with Crippen LogP contribution in [0.4, 0.5) is 4.79 Å². The Balaban J connectivity index is 2.29. The van der Waals surface area contributed by atoms with E-state index in [1.165, 1.54) is 9.80 Å². The summed E-state index contributed by atoms with van der Waals surface area (Å²) in [4.78, 5) is 27.5. The number of nitrogens with zero attached hydrogens (tertiary/aromatic N) is 2. The molecule has 23 heavy (non-hydrogen) atoms. The Hall–Kier alpha value is -1.60. The SMILES string of the molecule is CC[Si](CC)(CC)O[C@H]1C(=O)N(C(=O)N(C)C)[C@H]1c1ccco1. The molecule has 0 spiro atoms. The third-order valence-electron chi connectivity index (χ3n) is 4.78. The van der Waals surface area contributed by atoms with Crippen LogP contribution in [0.1, 0.15) is 32.6 Å². The van der Waals surface area contributed by atoms with Crippen LogP contribution in [-0.2, 0) is 9.22 Å². The Morgan fingerprint density at radius 1 is 1.30 bits per heavy atom. The summed E-state index contributed by atoms with van der Waals surface area (Å²) in [5, 5.41) is 0. The van der Waals surface area contributed by atoms with E-state index >= 15 is 0 Å². The molecule has 0 N–H and O–H groups in total. The average molecular weight is 338 g/mol.